The summed E-state index contributed by atoms with van der Waals surface area (Å²) in [6.07, 6.45) is 2.91. The number of hydrogen-bond acceptors (Lipinski definition) is 6. The number of ether oxygens (including phenoxy) is 1. The van der Waals surface area contributed by atoms with E-state index in [9.17, 15) is 20.1 Å². The highest BCUT2D eigenvalue weighted by molar-refractivity contribution is 5.74. The number of phenols is 1. The standard InChI is InChI=1S/C32H39NO5/c1-22-18-26(34)19-23(2)27(22)21-29(33)31(36)15-9-14-30(35)28(20-25-12-7-4-8-13-25)32(37)38-17-16-24-10-5-3-6-11-24/h3-14,18-19,28-31,34-36H,15-17,20-21,33H2,1-2H3/b14-9+/t28-,29-,30-,31-/m0/s1. The van der Waals surface area contributed by atoms with Gasteiger partial charge in [-0.1, -0.05) is 72.8 Å². The average molecular weight is 518 g/mol. The highest BCUT2D eigenvalue weighted by Crippen LogP contribution is 2.23. The van der Waals surface area contributed by atoms with E-state index in [1.807, 2.05) is 74.5 Å². The molecule has 0 saturated carbocycles. The van der Waals surface area contributed by atoms with Crippen molar-refractivity contribution in [2.24, 2.45) is 11.7 Å². The number of aliphatic hydroxyl groups excluding tert-OH is 2. The van der Waals surface area contributed by atoms with Crippen molar-refractivity contribution in [2.75, 3.05) is 6.61 Å². The molecule has 0 saturated heterocycles. The van der Waals surface area contributed by atoms with Gasteiger partial charge in [-0.15, -0.1) is 0 Å². The van der Waals surface area contributed by atoms with Crippen LogP contribution in [0.2, 0.25) is 0 Å². The molecule has 38 heavy (non-hydrogen) atoms. The summed E-state index contributed by atoms with van der Waals surface area (Å²) in [5, 5.41) is 31.3. The zero-order valence-electron chi connectivity index (χ0n) is 22.2. The SMILES string of the molecule is Cc1cc(O)cc(C)c1C[C@H](N)[C@@H](O)C/C=C/[C@H](O)[C@H](Cc1ccccc1)C(=O)OCCc1ccccc1. The van der Waals surface area contributed by atoms with Crippen LogP contribution in [-0.4, -0.2) is 46.1 Å². The quantitative estimate of drug-likeness (QED) is 0.200. The van der Waals surface area contributed by atoms with Crippen LogP contribution in [0.4, 0.5) is 0 Å². The maximum atomic E-state index is 13.0. The lowest BCUT2D eigenvalue weighted by Crippen LogP contribution is -2.36. The minimum absolute atomic E-state index is 0.207. The predicted octanol–water partition coefficient (Wildman–Crippen LogP) is 4.19. The minimum atomic E-state index is -1.08. The molecule has 0 amide bonds. The smallest absolute Gasteiger partial charge is 0.312 e. The molecule has 0 unspecified atom stereocenters. The first-order valence-electron chi connectivity index (χ1n) is 13.1. The van der Waals surface area contributed by atoms with E-state index >= 15 is 0 Å². The minimum Gasteiger partial charge on any atom is -0.508 e. The number of aliphatic hydroxyl groups is 2. The van der Waals surface area contributed by atoms with Gasteiger partial charge >= 0.3 is 5.97 Å². The summed E-state index contributed by atoms with van der Waals surface area (Å²) in [5.74, 6) is -1.03. The lowest BCUT2D eigenvalue weighted by molar-refractivity contribution is -0.151. The van der Waals surface area contributed by atoms with Gasteiger partial charge in [0, 0.05) is 12.5 Å². The molecule has 0 aliphatic heterocycles. The Bertz CT molecular complexity index is 1160. The molecular formula is C32H39NO5. The third-order valence-electron chi connectivity index (χ3n) is 6.82. The second-order valence-corrected chi connectivity index (χ2v) is 9.85. The number of phenolic OH excluding ortho intramolecular Hbond substituents is 1. The Morgan fingerprint density at radius 1 is 0.921 bits per heavy atom. The molecule has 0 aliphatic carbocycles. The van der Waals surface area contributed by atoms with Crippen LogP contribution in [-0.2, 0) is 28.8 Å². The monoisotopic (exact) mass is 517 g/mol. The zero-order valence-corrected chi connectivity index (χ0v) is 22.2. The van der Waals surface area contributed by atoms with E-state index in [4.69, 9.17) is 10.5 Å². The summed E-state index contributed by atoms with van der Waals surface area (Å²) in [6, 6.07) is 22.1. The summed E-state index contributed by atoms with van der Waals surface area (Å²) < 4.78 is 5.54. The topological polar surface area (TPSA) is 113 Å². The van der Waals surface area contributed by atoms with E-state index in [1.54, 1.807) is 24.3 Å². The maximum absolute atomic E-state index is 13.0. The normalized spacial score (nSPS) is 14.7. The maximum Gasteiger partial charge on any atom is 0.312 e. The number of aromatic hydroxyl groups is 1. The van der Waals surface area contributed by atoms with Crippen LogP contribution in [0, 0.1) is 19.8 Å². The van der Waals surface area contributed by atoms with Crippen LogP contribution in [0.1, 0.15) is 34.2 Å². The van der Waals surface area contributed by atoms with Gasteiger partial charge in [-0.2, -0.15) is 0 Å². The highest BCUT2D eigenvalue weighted by atomic mass is 16.5. The number of aryl methyl sites for hydroxylation is 2. The van der Waals surface area contributed by atoms with Crippen molar-refractivity contribution in [3.63, 3.8) is 0 Å². The molecule has 0 bridgehead atoms. The zero-order chi connectivity index (χ0) is 27.5. The summed E-state index contributed by atoms with van der Waals surface area (Å²) in [6.45, 7) is 4.04. The second-order valence-electron chi connectivity index (χ2n) is 9.85. The fraction of sp³-hybridized carbons (Fsp3) is 0.344. The molecule has 0 aliphatic rings. The molecular weight excluding hydrogens is 478 g/mol. The molecule has 0 fully saturated rings. The Kier molecular flexibility index (Phi) is 11.1. The van der Waals surface area contributed by atoms with Crippen molar-refractivity contribution in [1.82, 2.24) is 0 Å². The number of rotatable bonds is 13. The van der Waals surface area contributed by atoms with Crippen LogP contribution in [0.3, 0.4) is 0 Å². The number of hydrogen-bond donors (Lipinski definition) is 4. The van der Waals surface area contributed by atoms with Gasteiger partial charge in [-0.3, -0.25) is 4.79 Å². The van der Waals surface area contributed by atoms with Crippen molar-refractivity contribution in [3.8, 4) is 5.75 Å². The molecule has 5 N–H and O–H groups in total. The van der Waals surface area contributed by atoms with Crippen molar-refractivity contribution < 1.29 is 24.9 Å². The van der Waals surface area contributed by atoms with Crippen LogP contribution in [0.15, 0.2) is 84.9 Å². The molecule has 4 atom stereocenters. The molecule has 202 valence electrons. The van der Waals surface area contributed by atoms with Crippen molar-refractivity contribution in [1.29, 1.82) is 0 Å². The molecule has 6 nitrogen and oxygen atoms in total. The molecule has 6 heteroatoms. The van der Waals surface area contributed by atoms with Gasteiger partial charge in [-0.05, 0) is 73.1 Å². The molecule has 0 spiro atoms. The molecule has 0 heterocycles. The molecule has 0 aromatic heterocycles. The number of benzene rings is 3. The van der Waals surface area contributed by atoms with E-state index in [0.717, 1.165) is 27.8 Å². The van der Waals surface area contributed by atoms with E-state index in [-0.39, 0.29) is 18.8 Å². The Morgan fingerprint density at radius 3 is 2.11 bits per heavy atom. The lowest BCUT2D eigenvalue weighted by Gasteiger charge is -2.21. The number of nitrogens with two attached hydrogens (primary N) is 1. The van der Waals surface area contributed by atoms with Gasteiger partial charge in [0.25, 0.3) is 0 Å². The second kappa shape index (κ2) is 14.5. The van der Waals surface area contributed by atoms with E-state index in [0.29, 0.717) is 19.3 Å². The molecule has 3 rings (SSSR count). The Morgan fingerprint density at radius 2 is 1.50 bits per heavy atom. The van der Waals surface area contributed by atoms with Gasteiger partial charge < -0.3 is 25.8 Å². The molecule has 0 radical (unpaired) electrons. The first kappa shape index (κ1) is 29.1. The molecule has 3 aromatic carbocycles. The van der Waals surface area contributed by atoms with Crippen LogP contribution in [0.5, 0.6) is 5.75 Å². The van der Waals surface area contributed by atoms with Crippen LogP contribution < -0.4 is 5.73 Å². The van der Waals surface area contributed by atoms with Gasteiger partial charge in [0.2, 0.25) is 0 Å². The summed E-state index contributed by atoms with van der Waals surface area (Å²) in [4.78, 5) is 13.0. The van der Waals surface area contributed by atoms with Gasteiger partial charge in [0.05, 0.1) is 24.7 Å². The fourth-order valence-electron chi connectivity index (χ4n) is 4.56. The predicted molar refractivity (Wildman–Crippen MR) is 150 cm³/mol. The van der Waals surface area contributed by atoms with Crippen molar-refractivity contribution >= 4 is 5.97 Å². The fourth-order valence-corrected chi connectivity index (χ4v) is 4.56. The molecule has 3 aromatic rings. The van der Waals surface area contributed by atoms with E-state index < -0.39 is 30.1 Å². The Balaban J connectivity index is 1.59. The van der Waals surface area contributed by atoms with Gasteiger partial charge in [-0.25, -0.2) is 0 Å². The Hall–Kier alpha value is -3.45. The number of esters is 1. The van der Waals surface area contributed by atoms with Crippen molar-refractivity contribution in [3.05, 3.63) is 113 Å². The highest BCUT2D eigenvalue weighted by Gasteiger charge is 2.27. The van der Waals surface area contributed by atoms with Gasteiger partial charge in [0.1, 0.15) is 5.75 Å². The van der Waals surface area contributed by atoms with Crippen LogP contribution >= 0.6 is 0 Å². The van der Waals surface area contributed by atoms with Crippen LogP contribution in [0.25, 0.3) is 0 Å². The summed E-state index contributed by atoms with van der Waals surface area (Å²) in [5.41, 5.74) is 11.1. The first-order chi connectivity index (χ1) is 18.2. The summed E-state index contributed by atoms with van der Waals surface area (Å²) >= 11 is 0. The first-order valence-corrected chi connectivity index (χ1v) is 13.1. The summed E-state index contributed by atoms with van der Waals surface area (Å²) in [7, 11) is 0. The third kappa shape index (κ3) is 8.84. The van der Waals surface area contributed by atoms with E-state index in [1.165, 1.54) is 0 Å². The van der Waals surface area contributed by atoms with E-state index in [2.05, 4.69) is 0 Å². The Labute approximate surface area is 225 Å². The number of carbonyl (C=O) groups excluding carboxylic acids is 1. The average Bonchev–Trinajstić information content (AvgIpc) is 2.90. The number of carbonyl (C=O) groups is 1. The lowest BCUT2D eigenvalue weighted by atomic mass is 9.92. The van der Waals surface area contributed by atoms with Gasteiger partial charge in [0.15, 0.2) is 0 Å². The third-order valence-corrected chi connectivity index (χ3v) is 6.82. The van der Waals surface area contributed by atoms with Crippen molar-refractivity contribution in [2.45, 2.75) is 57.8 Å². The largest absolute Gasteiger partial charge is 0.508 e.